The Balaban J connectivity index is 0.000000281. The molecule has 0 bridgehead atoms. The van der Waals surface area contributed by atoms with Gasteiger partial charge >= 0.3 is 0 Å². The molecule has 3 aromatic carbocycles. The molecule has 0 aliphatic carbocycles. The summed E-state index contributed by atoms with van der Waals surface area (Å²) in [5.74, 6) is 0.444. The van der Waals surface area contributed by atoms with Crippen LogP contribution < -0.4 is 5.73 Å². The van der Waals surface area contributed by atoms with Crippen molar-refractivity contribution in [3.05, 3.63) is 119 Å². The molecule has 3 aromatic rings. The number of hydrogen-bond donors (Lipinski definition) is 2. The summed E-state index contributed by atoms with van der Waals surface area (Å²) < 4.78 is 0. The van der Waals surface area contributed by atoms with Crippen molar-refractivity contribution < 1.29 is 5.11 Å². The minimum Gasteiger partial charge on any atom is -0.401 e. The van der Waals surface area contributed by atoms with Crippen LogP contribution in [0, 0.1) is 12.8 Å². The fourth-order valence-corrected chi connectivity index (χ4v) is 5.43. The van der Waals surface area contributed by atoms with E-state index in [2.05, 4.69) is 94.9 Å². The second-order valence-corrected chi connectivity index (χ2v) is 10.1. The van der Waals surface area contributed by atoms with Gasteiger partial charge in [0.1, 0.15) is 7.85 Å². The van der Waals surface area contributed by atoms with Gasteiger partial charge in [0.25, 0.3) is 0 Å². The standard InChI is InChI=1S/C21H27N.C13H19BO/c1-4-12-18(5-2)21(17(3)22,19-13-8-6-9-14-19)20-15-10-7-11-16-20;1-4-6-11-9-12(8-7-10(11)3)13(14,15)5-2/h6-11,13-16,18H,3-5,12,22H2,1-2H3;7-9,15H,4-6H2,1-3H3. The Morgan fingerprint density at radius 3 is 1.81 bits per heavy atom. The van der Waals surface area contributed by atoms with Crippen molar-refractivity contribution in [2.24, 2.45) is 11.7 Å². The number of aliphatic hydroxyl groups is 1. The predicted molar refractivity (Wildman–Crippen MR) is 161 cm³/mol. The van der Waals surface area contributed by atoms with Crippen molar-refractivity contribution in [3.8, 4) is 0 Å². The van der Waals surface area contributed by atoms with Gasteiger partial charge in [0, 0.05) is 11.2 Å². The lowest BCUT2D eigenvalue weighted by Gasteiger charge is -2.42. The van der Waals surface area contributed by atoms with Crippen LogP contribution in [0.3, 0.4) is 0 Å². The Kier molecular flexibility index (Phi) is 11.7. The lowest BCUT2D eigenvalue weighted by Crippen LogP contribution is -2.41. The number of benzene rings is 3. The zero-order chi connectivity index (χ0) is 27.5. The summed E-state index contributed by atoms with van der Waals surface area (Å²) in [6.45, 7) is 14.8. The fourth-order valence-electron chi connectivity index (χ4n) is 5.43. The molecule has 0 aliphatic rings. The topological polar surface area (TPSA) is 46.2 Å². The molecule has 2 radical (unpaired) electrons. The highest BCUT2D eigenvalue weighted by Crippen LogP contribution is 2.46. The van der Waals surface area contributed by atoms with Crippen molar-refractivity contribution in [2.75, 3.05) is 0 Å². The van der Waals surface area contributed by atoms with Crippen molar-refractivity contribution >= 4 is 7.85 Å². The van der Waals surface area contributed by atoms with E-state index in [-0.39, 0.29) is 5.41 Å². The van der Waals surface area contributed by atoms with Gasteiger partial charge in [-0.3, -0.25) is 0 Å². The molecule has 0 aliphatic heterocycles. The zero-order valence-electron chi connectivity index (χ0n) is 23.6. The Morgan fingerprint density at radius 2 is 1.41 bits per heavy atom. The highest BCUT2D eigenvalue weighted by Gasteiger charge is 2.42. The predicted octanol–water partition coefficient (Wildman–Crippen LogP) is 7.94. The Morgan fingerprint density at radius 1 is 0.865 bits per heavy atom. The number of hydrogen-bond acceptors (Lipinski definition) is 2. The molecular formula is C34H46BNO. The van der Waals surface area contributed by atoms with Crippen LogP contribution in [0.2, 0.25) is 0 Å². The molecule has 0 fully saturated rings. The van der Waals surface area contributed by atoms with E-state index >= 15 is 0 Å². The largest absolute Gasteiger partial charge is 0.401 e. The second-order valence-electron chi connectivity index (χ2n) is 10.1. The van der Waals surface area contributed by atoms with Crippen molar-refractivity contribution in [3.63, 3.8) is 0 Å². The van der Waals surface area contributed by atoms with E-state index in [9.17, 15) is 5.11 Å². The van der Waals surface area contributed by atoms with E-state index in [1.54, 1.807) is 0 Å². The highest BCUT2D eigenvalue weighted by atomic mass is 16.3. The lowest BCUT2D eigenvalue weighted by atomic mass is 9.62. The molecule has 37 heavy (non-hydrogen) atoms. The molecule has 0 saturated carbocycles. The smallest absolute Gasteiger partial charge is 0.119 e. The quantitative estimate of drug-likeness (QED) is 0.265. The number of rotatable bonds is 11. The van der Waals surface area contributed by atoms with Crippen LogP contribution in [-0.2, 0) is 17.3 Å². The van der Waals surface area contributed by atoms with E-state index in [1.807, 2.05) is 25.1 Å². The van der Waals surface area contributed by atoms with Gasteiger partial charge in [-0.05, 0) is 59.9 Å². The van der Waals surface area contributed by atoms with Crippen LogP contribution in [0.15, 0.2) is 91.1 Å². The minimum absolute atomic E-state index is 0.312. The molecule has 0 amide bonds. The minimum atomic E-state index is -1.18. The molecule has 0 saturated heterocycles. The zero-order valence-corrected chi connectivity index (χ0v) is 23.6. The molecule has 196 valence electrons. The third-order valence-corrected chi connectivity index (χ3v) is 7.61. The molecular weight excluding hydrogens is 449 g/mol. The molecule has 2 nitrogen and oxygen atoms in total. The first-order valence-corrected chi connectivity index (χ1v) is 13.9. The maximum absolute atomic E-state index is 9.96. The van der Waals surface area contributed by atoms with Crippen LogP contribution in [0.5, 0.6) is 0 Å². The van der Waals surface area contributed by atoms with Gasteiger partial charge in [-0.25, -0.2) is 0 Å². The summed E-state index contributed by atoms with van der Waals surface area (Å²) in [5, 5.41) is 9.96. The SMILES string of the molecule is C=C(N)C(c1ccccc1)(c1ccccc1)C(CC)CCC.[B]C(O)(CC)c1ccc(C)c(CCC)c1. The maximum atomic E-state index is 9.96. The van der Waals surface area contributed by atoms with Gasteiger partial charge in [0.2, 0.25) is 0 Å². The van der Waals surface area contributed by atoms with Crippen LogP contribution in [0.25, 0.3) is 0 Å². The van der Waals surface area contributed by atoms with Crippen LogP contribution in [0.4, 0.5) is 0 Å². The van der Waals surface area contributed by atoms with E-state index in [1.165, 1.54) is 22.3 Å². The first kappa shape index (κ1) is 30.4. The Labute approximate surface area is 227 Å². The first-order valence-electron chi connectivity index (χ1n) is 13.9. The summed E-state index contributed by atoms with van der Waals surface area (Å²) in [7, 11) is 5.81. The second kappa shape index (κ2) is 14.2. The van der Waals surface area contributed by atoms with Gasteiger partial charge < -0.3 is 10.8 Å². The maximum Gasteiger partial charge on any atom is 0.119 e. The monoisotopic (exact) mass is 495 g/mol. The van der Waals surface area contributed by atoms with E-state index < -0.39 is 5.50 Å². The average molecular weight is 496 g/mol. The van der Waals surface area contributed by atoms with Gasteiger partial charge in [0.15, 0.2) is 0 Å². The highest BCUT2D eigenvalue weighted by molar-refractivity contribution is 6.14. The number of aryl methyl sites for hydroxylation is 2. The van der Waals surface area contributed by atoms with Gasteiger partial charge in [-0.1, -0.05) is 132 Å². The summed E-state index contributed by atoms with van der Waals surface area (Å²) in [6, 6.07) is 27.2. The van der Waals surface area contributed by atoms with E-state index in [4.69, 9.17) is 13.6 Å². The first-order chi connectivity index (χ1) is 17.7. The summed E-state index contributed by atoms with van der Waals surface area (Å²) in [6.07, 6.45) is 6.04. The molecule has 0 aromatic heterocycles. The van der Waals surface area contributed by atoms with Crippen LogP contribution in [0.1, 0.15) is 87.6 Å². The molecule has 0 heterocycles. The van der Waals surface area contributed by atoms with E-state index in [0.717, 1.165) is 43.4 Å². The average Bonchev–Trinajstić information content (AvgIpc) is 2.91. The van der Waals surface area contributed by atoms with Gasteiger partial charge in [-0.2, -0.15) is 0 Å². The van der Waals surface area contributed by atoms with Crippen LogP contribution >= 0.6 is 0 Å². The number of nitrogens with two attached hydrogens (primary N) is 1. The third-order valence-electron chi connectivity index (χ3n) is 7.61. The molecule has 2 atom stereocenters. The van der Waals surface area contributed by atoms with Crippen molar-refractivity contribution in [2.45, 2.75) is 84.1 Å². The molecule has 3 N–H and O–H groups in total. The summed E-state index contributed by atoms with van der Waals surface area (Å²) >= 11 is 0. The molecule has 3 heteroatoms. The normalized spacial score (nSPS) is 13.7. The molecule has 2 unspecified atom stereocenters. The van der Waals surface area contributed by atoms with Crippen molar-refractivity contribution in [1.82, 2.24) is 0 Å². The number of allylic oxidation sites excluding steroid dienone is 1. The van der Waals surface area contributed by atoms with Crippen LogP contribution in [-0.4, -0.2) is 13.0 Å². The summed E-state index contributed by atoms with van der Waals surface area (Å²) in [5.41, 5.74) is 11.6. The fraction of sp³-hybridized carbons (Fsp3) is 0.412. The summed E-state index contributed by atoms with van der Waals surface area (Å²) in [4.78, 5) is 0. The van der Waals surface area contributed by atoms with E-state index in [0.29, 0.717) is 12.3 Å². The van der Waals surface area contributed by atoms with Gasteiger partial charge in [-0.15, -0.1) is 0 Å². The van der Waals surface area contributed by atoms with Gasteiger partial charge in [0.05, 0.1) is 5.41 Å². The Hall–Kier alpha value is -2.78. The lowest BCUT2D eigenvalue weighted by molar-refractivity contribution is 0.123. The third kappa shape index (κ3) is 7.17. The Bertz CT molecular complexity index is 1050. The molecule has 3 rings (SSSR count). The molecule has 0 spiro atoms. The van der Waals surface area contributed by atoms with Crippen molar-refractivity contribution in [1.29, 1.82) is 0 Å².